The van der Waals surface area contributed by atoms with Gasteiger partial charge in [0.05, 0.1) is 35.6 Å². The van der Waals surface area contributed by atoms with Crippen LogP contribution in [0.3, 0.4) is 0 Å². The van der Waals surface area contributed by atoms with Gasteiger partial charge >= 0.3 is 6.18 Å². The molecule has 2 aromatic heterocycles. The molecule has 3 aromatic rings. The Balaban J connectivity index is 1.57. The van der Waals surface area contributed by atoms with Gasteiger partial charge in [-0.2, -0.15) is 23.5 Å². The lowest BCUT2D eigenvalue weighted by Gasteiger charge is -2.22. The van der Waals surface area contributed by atoms with Crippen LogP contribution < -0.4 is 4.74 Å². The monoisotopic (exact) mass is 445 g/mol. The molecule has 0 unspecified atom stereocenters. The Labute approximate surface area is 179 Å². The third-order valence-electron chi connectivity index (χ3n) is 4.92. The predicted molar refractivity (Wildman–Crippen MR) is 102 cm³/mol. The van der Waals surface area contributed by atoms with Crippen molar-refractivity contribution in [1.29, 1.82) is 5.26 Å². The molecule has 0 bridgehead atoms. The van der Waals surface area contributed by atoms with Gasteiger partial charge in [-0.15, -0.1) is 0 Å². The maximum Gasteiger partial charge on any atom is 0.425 e. The summed E-state index contributed by atoms with van der Waals surface area (Å²) in [5, 5.41) is 13.5. The normalized spacial score (nSPS) is 14.1. The number of hydrogen-bond acceptors (Lipinski definition) is 5. The fourth-order valence-electron chi connectivity index (χ4n) is 3.21. The summed E-state index contributed by atoms with van der Waals surface area (Å²) < 4.78 is 58.3. The van der Waals surface area contributed by atoms with Gasteiger partial charge in [0.25, 0.3) is 5.91 Å². The molecule has 1 atom stereocenters. The Hall–Kier alpha value is -3.94. The Kier molecular flexibility index (Phi) is 5.30. The standard InChI is InChI=1S/C21H15F4N5O2/c1-12(21(23,24)25)32-18-4-2-13(7-26)6-16(18)20(31)29-9-14-10-30(28-17(14)11-29)19-5-3-15(22)8-27-19/h2-6,8,10,12H,9,11H2,1H3/t12-/m0/s1. The summed E-state index contributed by atoms with van der Waals surface area (Å²) in [6.07, 6.45) is -4.04. The minimum absolute atomic E-state index is 0.105. The van der Waals surface area contributed by atoms with E-state index in [2.05, 4.69) is 10.1 Å². The molecule has 4 rings (SSSR count). The van der Waals surface area contributed by atoms with Gasteiger partial charge in [0, 0.05) is 18.3 Å². The third kappa shape index (κ3) is 4.12. The van der Waals surface area contributed by atoms with Gasteiger partial charge in [-0.3, -0.25) is 4.79 Å². The van der Waals surface area contributed by atoms with Crippen LogP contribution in [0.4, 0.5) is 17.6 Å². The van der Waals surface area contributed by atoms with Crippen molar-refractivity contribution in [2.75, 3.05) is 0 Å². The van der Waals surface area contributed by atoms with E-state index in [4.69, 9.17) is 10.00 Å². The number of nitrogens with zero attached hydrogens (tertiary/aromatic N) is 5. The van der Waals surface area contributed by atoms with Gasteiger partial charge in [0.15, 0.2) is 11.9 Å². The van der Waals surface area contributed by atoms with Crippen LogP contribution in [0.5, 0.6) is 5.75 Å². The number of pyridine rings is 1. The Morgan fingerprint density at radius 2 is 2.03 bits per heavy atom. The fourth-order valence-corrected chi connectivity index (χ4v) is 3.21. The maximum atomic E-state index is 13.1. The van der Waals surface area contributed by atoms with E-state index < -0.39 is 24.0 Å². The van der Waals surface area contributed by atoms with Crippen LogP contribution in [0.2, 0.25) is 0 Å². The highest BCUT2D eigenvalue weighted by Crippen LogP contribution is 2.31. The summed E-state index contributed by atoms with van der Waals surface area (Å²) in [4.78, 5) is 18.4. The third-order valence-corrected chi connectivity index (χ3v) is 4.92. The second-order valence-corrected chi connectivity index (χ2v) is 7.17. The van der Waals surface area contributed by atoms with E-state index in [0.717, 1.165) is 13.1 Å². The fraction of sp³-hybridized carbons (Fsp3) is 0.238. The van der Waals surface area contributed by atoms with Crippen LogP contribution in [-0.4, -0.2) is 37.9 Å². The number of benzene rings is 1. The summed E-state index contributed by atoms with van der Waals surface area (Å²) in [5.74, 6) is -0.931. The molecule has 1 aromatic carbocycles. The number of nitriles is 1. The van der Waals surface area contributed by atoms with Crippen LogP contribution in [0, 0.1) is 17.1 Å². The van der Waals surface area contributed by atoms with Crippen molar-refractivity contribution in [3.05, 3.63) is 70.9 Å². The van der Waals surface area contributed by atoms with Crippen LogP contribution >= 0.6 is 0 Å². The number of alkyl halides is 3. The molecule has 0 saturated carbocycles. The molecule has 1 amide bonds. The summed E-state index contributed by atoms with van der Waals surface area (Å²) in [6, 6.07) is 8.25. The first kappa shape index (κ1) is 21.3. The van der Waals surface area contributed by atoms with E-state index in [1.807, 2.05) is 6.07 Å². The number of amides is 1. The molecule has 1 aliphatic rings. The molecule has 164 valence electrons. The number of carbonyl (C=O) groups is 1. The van der Waals surface area contributed by atoms with Gasteiger partial charge in [0.2, 0.25) is 0 Å². The molecule has 0 radical (unpaired) electrons. The topological polar surface area (TPSA) is 84.0 Å². The zero-order valence-electron chi connectivity index (χ0n) is 16.6. The SMILES string of the molecule is C[C@H](Oc1ccc(C#N)cc1C(=O)N1Cc2cn(-c3ccc(F)cn3)nc2C1)C(F)(F)F. The highest BCUT2D eigenvalue weighted by Gasteiger charge is 2.39. The number of fused-ring (bicyclic) bond motifs is 1. The van der Waals surface area contributed by atoms with Crippen molar-refractivity contribution < 1.29 is 27.1 Å². The molecule has 32 heavy (non-hydrogen) atoms. The average Bonchev–Trinajstić information content (AvgIpc) is 3.33. The Morgan fingerprint density at radius 3 is 2.66 bits per heavy atom. The largest absolute Gasteiger partial charge is 0.480 e. The molecule has 0 saturated heterocycles. The number of rotatable bonds is 4. The van der Waals surface area contributed by atoms with Gasteiger partial charge in [0.1, 0.15) is 11.6 Å². The molecule has 3 heterocycles. The zero-order valence-corrected chi connectivity index (χ0v) is 16.6. The second kappa shape index (κ2) is 7.96. The summed E-state index contributed by atoms with van der Waals surface area (Å²) in [6.45, 7) is 1.10. The van der Waals surface area contributed by atoms with Crippen molar-refractivity contribution >= 4 is 5.91 Å². The molecule has 11 heteroatoms. The first-order valence-electron chi connectivity index (χ1n) is 9.42. The Bertz CT molecular complexity index is 1190. The molecule has 0 N–H and O–H groups in total. The highest BCUT2D eigenvalue weighted by atomic mass is 19.4. The highest BCUT2D eigenvalue weighted by molar-refractivity contribution is 5.97. The summed E-state index contributed by atoms with van der Waals surface area (Å²) in [5.41, 5.74) is 1.27. The van der Waals surface area contributed by atoms with E-state index in [9.17, 15) is 22.4 Å². The average molecular weight is 445 g/mol. The minimum Gasteiger partial charge on any atom is -0.480 e. The summed E-state index contributed by atoms with van der Waals surface area (Å²) >= 11 is 0. The van der Waals surface area contributed by atoms with Crippen molar-refractivity contribution in [2.24, 2.45) is 0 Å². The van der Waals surface area contributed by atoms with Crippen LogP contribution in [0.25, 0.3) is 5.82 Å². The van der Waals surface area contributed by atoms with E-state index in [0.29, 0.717) is 17.1 Å². The molecular formula is C21H15F4N5O2. The van der Waals surface area contributed by atoms with Gasteiger partial charge < -0.3 is 9.64 Å². The molecule has 0 aliphatic carbocycles. The van der Waals surface area contributed by atoms with E-state index in [1.165, 1.54) is 39.9 Å². The molecule has 7 nitrogen and oxygen atoms in total. The van der Waals surface area contributed by atoms with Crippen LogP contribution in [0.1, 0.15) is 34.1 Å². The van der Waals surface area contributed by atoms with Gasteiger partial charge in [-0.1, -0.05) is 0 Å². The maximum absolute atomic E-state index is 13.1. The smallest absolute Gasteiger partial charge is 0.425 e. The molecule has 1 aliphatic heterocycles. The van der Waals surface area contributed by atoms with E-state index in [1.54, 1.807) is 6.20 Å². The number of halogens is 4. The first-order valence-corrected chi connectivity index (χ1v) is 9.42. The molecule has 0 spiro atoms. The lowest BCUT2D eigenvalue weighted by Crippen LogP contribution is -2.32. The number of aromatic nitrogens is 3. The number of carbonyl (C=O) groups excluding carboxylic acids is 1. The van der Waals surface area contributed by atoms with Crippen molar-refractivity contribution in [1.82, 2.24) is 19.7 Å². The van der Waals surface area contributed by atoms with Crippen molar-refractivity contribution in [3.63, 3.8) is 0 Å². The summed E-state index contributed by atoms with van der Waals surface area (Å²) in [7, 11) is 0. The van der Waals surface area contributed by atoms with Gasteiger partial charge in [-0.05, 0) is 37.3 Å². The van der Waals surface area contributed by atoms with Crippen molar-refractivity contribution in [3.8, 4) is 17.6 Å². The Morgan fingerprint density at radius 1 is 1.25 bits per heavy atom. The first-order chi connectivity index (χ1) is 15.2. The van der Waals surface area contributed by atoms with Crippen LogP contribution in [0.15, 0.2) is 42.7 Å². The minimum atomic E-state index is -4.61. The lowest BCUT2D eigenvalue weighted by atomic mass is 10.1. The van der Waals surface area contributed by atoms with Crippen LogP contribution in [-0.2, 0) is 13.1 Å². The van der Waals surface area contributed by atoms with Crippen molar-refractivity contribution in [2.45, 2.75) is 32.3 Å². The number of ether oxygens (including phenoxy) is 1. The molecular weight excluding hydrogens is 430 g/mol. The van der Waals surface area contributed by atoms with E-state index in [-0.39, 0.29) is 30.0 Å². The quantitative estimate of drug-likeness (QED) is 0.571. The second-order valence-electron chi connectivity index (χ2n) is 7.17. The lowest BCUT2D eigenvalue weighted by molar-refractivity contribution is -0.189. The van der Waals surface area contributed by atoms with Gasteiger partial charge in [-0.25, -0.2) is 14.1 Å². The predicted octanol–water partition coefficient (Wildman–Crippen LogP) is 3.76. The molecule has 0 fully saturated rings. The van der Waals surface area contributed by atoms with E-state index >= 15 is 0 Å². The number of hydrogen-bond donors (Lipinski definition) is 0. The zero-order chi connectivity index (χ0) is 23.0.